The number of hydrogen-bond donors (Lipinski definition) is 0. The van der Waals surface area contributed by atoms with E-state index in [4.69, 9.17) is 17.0 Å². The predicted molar refractivity (Wildman–Crippen MR) is 99.7 cm³/mol. The van der Waals surface area contributed by atoms with Gasteiger partial charge in [0.1, 0.15) is 4.32 Å². The molecule has 1 aromatic carbocycles. The number of methoxy groups -OCH3 is 1. The molecule has 0 aromatic heterocycles. The molecule has 2 amide bonds. The topological polar surface area (TPSA) is 49.9 Å². The van der Waals surface area contributed by atoms with Gasteiger partial charge in [0, 0.05) is 19.2 Å². The van der Waals surface area contributed by atoms with Gasteiger partial charge in [-0.1, -0.05) is 48.3 Å². The summed E-state index contributed by atoms with van der Waals surface area (Å²) in [5, 5.41) is 0. The molecule has 124 valence electrons. The molecule has 2 aliphatic heterocycles. The van der Waals surface area contributed by atoms with Gasteiger partial charge >= 0.3 is 0 Å². The van der Waals surface area contributed by atoms with E-state index in [2.05, 4.69) is 6.58 Å². The second kappa shape index (κ2) is 6.88. The molecule has 0 aliphatic carbocycles. The molecule has 0 spiro atoms. The van der Waals surface area contributed by atoms with Gasteiger partial charge in [-0.25, -0.2) is 0 Å². The molecule has 0 saturated carbocycles. The Kier molecular flexibility index (Phi) is 4.84. The quantitative estimate of drug-likeness (QED) is 0.459. The number of rotatable bonds is 5. The molecule has 5 nitrogen and oxygen atoms in total. The highest BCUT2D eigenvalue weighted by Gasteiger charge is 2.41. The Hall–Kier alpha value is -1.96. The molecule has 0 N–H and O–H groups in total. The summed E-state index contributed by atoms with van der Waals surface area (Å²) in [5.74, 6) is -0.427. The van der Waals surface area contributed by atoms with E-state index < -0.39 is 0 Å². The fourth-order valence-corrected chi connectivity index (χ4v) is 4.11. The number of fused-ring (bicyclic) bond motifs is 1. The summed E-state index contributed by atoms with van der Waals surface area (Å²) in [5.41, 5.74) is 1.97. The maximum absolute atomic E-state index is 12.9. The smallest absolute Gasteiger partial charge is 0.267 e. The van der Waals surface area contributed by atoms with E-state index >= 15 is 0 Å². The Labute approximate surface area is 149 Å². The number of carbonyl (C=O) groups excluding carboxylic acids is 2. The number of carbonyl (C=O) groups is 2. The van der Waals surface area contributed by atoms with Crippen molar-refractivity contribution in [2.24, 2.45) is 0 Å². The summed E-state index contributed by atoms with van der Waals surface area (Å²) in [7, 11) is 1.57. The second-order valence-electron chi connectivity index (χ2n) is 5.24. The third kappa shape index (κ3) is 2.68. The van der Waals surface area contributed by atoms with E-state index in [1.165, 1.54) is 16.7 Å². The van der Waals surface area contributed by atoms with Gasteiger partial charge in [-0.15, -0.1) is 6.58 Å². The zero-order chi connectivity index (χ0) is 17.3. The molecule has 0 radical (unpaired) electrons. The lowest BCUT2D eigenvalue weighted by Gasteiger charge is -2.14. The Balaban J connectivity index is 2.06. The van der Waals surface area contributed by atoms with E-state index in [1.54, 1.807) is 18.1 Å². The van der Waals surface area contributed by atoms with Gasteiger partial charge in [0.15, 0.2) is 0 Å². The van der Waals surface area contributed by atoms with Crippen LogP contribution in [0.5, 0.6) is 0 Å². The zero-order valence-corrected chi connectivity index (χ0v) is 14.8. The van der Waals surface area contributed by atoms with Crippen LogP contribution in [-0.4, -0.2) is 47.8 Å². The van der Waals surface area contributed by atoms with Crippen LogP contribution in [-0.2, 0) is 14.3 Å². The Morgan fingerprint density at radius 1 is 1.25 bits per heavy atom. The van der Waals surface area contributed by atoms with Gasteiger partial charge < -0.3 is 9.64 Å². The van der Waals surface area contributed by atoms with E-state index in [9.17, 15) is 9.59 Å². The van der Waals surface area contributed by atoms with Crippen molar-refractivity contribution in [1.29, 1.82) is 0 Å². The number of anilines is 1. The van der Waals surface area contributed by atoms with Crippen LogP contribution in [0.1, 0.15) is 5.56 Å². The lowest BCUT2D eigenvalue weighted by molar-refractivity contribution is -0.122. The van der Waals surface area contributed by atoms with Crippen LogP contribution in [0.15, 0.2) is 41.8 Å². The number of nitrogens with zero attached hydrogens (tertiary/aromatic N) is 2. The molecule has 0 bridgehead atoms. The van der Waals surface area contributed by atoms with Crippen LogP contribution in [0.4, 0.5) is 5.69 Å². The molecule has 0 atom stereocenters. The lowest BCUT2D eigenvalue weighted by Crippen LogP contribution is -2.32. The number of thiocarbonyl (C=S) groups is 1. The van der Waals surface area contributed by atoms with E-state index in [0.29, 0.717) is 34.5 Å². The van der Waals surface area contributed by atoms with Crippen molar-refractivity contribution in [3.05, 3.63) is 47.4 Å². The molecular weight excluding hydrogens is 344 g/mol. The Morgan fingerprint density at radius 2 is 2.00 bits per heavy atom. The minimum Gasteiger partial charge on any atom is -0.383 e. The Bertz CT molecular complexity index is 773. The van der Waals surface area contributed by atoms with Crippen LogP contribution in [0.25, 0.3) is 5.57 Å². The minimum atomic E-state index is -0.236. The Morgan fingerprint density at radius 3 is 2.71 bits per heavy atom. The van der Waals surface area contributed by atoms with Crippen molar-refractivity contribution in [2.75, 3.05) is 31.7 Å². The zero-order valence-electron chi connectivity index (χ0n) is 13.2. The predicted octanol–water partition coefficient (Wildman–Crippen LogP) is 2.44. The molecule has 2 aliphatic rings. The number of para-hydroxylation sites is 1. The van der Waals surface area contributed by atoms with Crippen LogP contribution in [0.2, 0.25) is 0 Å². The summed E-state index contributed by atoms with van der Waals surface area (Å²) in [6.45, 7) is 4.86. The van der Waals surface area contributed by atoms with Gasteiger partial charge in [0.2, 0.25) is 0 Å². The molecule has 1 aromatic rings. The van der Waals surface area contributed by atoms with Crippen LogP contribution < -0.4 is 4.90 Å². The highest BCUT2D eigenvalue weighted by Crippen LogP contribution is 2.44. The van der Waals surface area contributed by atoms with E-state index in [1.807, 2.05) is 24.3 Å². The first-order valence-corrected chi connectivity index (χ1v) is 8.61. The largest absolute Gasteiger partial charge is 0.383 e. The molecule has 2 heterocycles. The minimum absolute atomic E-state index is 0.191. The third-order valence-electron chi connectivity index (χ3n) is 3.83. The van der Waals surface area contributed by atoms with Gasteiger partial charge in [-0.3, -0.25) is 14.5 Å². The van der Waals surface area contributed by atoms with Gasteiger partial charge in [-0.2, -0.15) is 0 Å². The average Bonchev–Trinajstić information content (AvgIpc) is 3.01. The molecule has 1 fully saturated rings. The van der Waals surface area contributed by atoms with Gasteiger partial charge in [0.05, 0.1) is 29.3 Å². The highest BCUT2D eigenvalue weighted by atomic mass is 32.2. The van der Waals surface area contributed by atoms with Gasteiger partial charge in [0.25, 0.3) is 11.8 Å². The SMILES string of the molecule is C=CCN1C(=O)/C(=C2/SC(=S)N(CCOC)C2=O)c2ccccc21. The first-order valence-electron chi connectivity index (χ1n) is 7.39. The molecule has 7 heteroatoms. The fourth-order valence-electron chi connectivity index (χ4n) is 2.73. The maximum Gasteiger partial charge on any atom is 0.267 e. The molecule has 1 saturated heterocycles. The molecule has 24 heavy (non-hydrogen) atoms. The van der Waals surface area contributed by atoms with Crippen molar-refractivity contribution in [3.63, 3.8) is 0 Å². The molecular formula is C17H16N2O3S2. The lowest BCUT2D eigenvalue weighted by atomic mass is 10.1. The summed E-state index contributed by atoms with van der Waals surface area (Å²) in [4.78, 5) is 29.1. The number of thioether (sulfide) groups is 1. The van der Waals surface area contributed by atoms with E-state index in [-0.39, 0.29) is 11.8 Å². The van der Waals surface area contributed by atoms with E-state index in [0.717, 1.165) is 11.3 Å². The number of hydrogen-bond acceptors (Lipinski definition) is 5. The monoisotopic (exact) mass is 360 g/mol. The number of benzene rings is 1. The normalized spacial score (nSPS) is 20.1. The van der Waals surface area contributed by atoms with Crippen LogP contribution >= 0.6 is 24.0 Å². The molecule has 3 rings (SSSR count). The first kappa shape index (κ1) is 16.9. The summed E-state index contributed by atoms with van der Waals surface area (Å²) in [6.07, 6.45) is 1.67. The maximum atomic E-state index is 12.9. The fraction of sp³-hybridized carbons (Fsp3) is 0.235. The van der Waals surface area contributed by atoms with Crippen molar-refractivity contribution in [3.8, 4) is 0 Å². The summed E-state index contributed by atoms with van der Waals surface area (Å²) < 4.78 is 5.47. The van der Waals surface area contributed by atoms with Gasteiger partial charge in [-0.05, 0) is 6.07 Å². The highest BCUT2D eigenvalue weighted by molar-refractivity contribution is 8.26. The van der Waals surface area contributed by atoms with Crippen LogP contribution in [0.3, 0.4) is 0 Å². The number of amides is 2. The van der Waals surface area contributed by atoms with Crippen molar-refractivity contribution < 1.29 is 14.3 Å². The van der Waals surface area contributed by atoms with Crippen molar-refractivity contribution >= 4 is 51.4 Å². The third-order valence-corrected chi connectivity index (χ3v) is 5.28. The number of ether oxygens (including phenoxy) is 1. The van der Waals surface area contributed by atoms with Crippen molar-refractivity contribution in [2.45, 2.75) is 0 Å². The summed E-state index contributed by atoms with van der Waals surface area (Å²) >= 11 is 6.47. The van der Waals surface area contributed by atoms with Crippen molar-refractivity contribution in [1.82, 2.24) is 4.90 Å². The van der Waals surface area contributed by atoms with Crippen LogP contribution in [0, 0.1) is 0 Å². The molecule has 0 unspecified atom stereocenters. The summed E-state index contributed by atoms with van der Waals surface area (Å²) in [6, 6.07) is 7.45. The standard InChI is InChI=1S/C17H16N2O3S2/c1-3-8-18-12-7-5-4-6-11(12)13(15(18)20)14-16(21)19(9-10-22-2)17(23)24-14/h3-7H,1,8-10H2,2H3/b14-13+. The second-order valence-corrected chi connectivity index (χ2v) is 6.89. The first-order chi connectivity index (χ1) is 11.6. The average molecular weight is 360 g/mol.